The maximum absolute atomic E-state index is 12.7. The van der Waals surface area contributed by atoms with Crippen molar-refractivity contribution in [2.45, 2.75) is 32.2 Å². The number of aryl methyl sites for hydroxylation is 1. The molecule has 1 aromatic heterocycles. The van der Waals surface area contributed by atoms with Gasteiger partial charge in [0.1, 0.15) is 5.78 Å². The molecule has 4 rings (SSSR count). The Morgan fingerprint density at radius 3 is 2.57 bits per heavy atom. The van der Waals surface area contributed by atoms with E-state index in [1.54, 1.807) is 0 Å². The summed E-state index contributed by atoms with van der Waals surface area (Å²) < 4.78 is 5.82. The van der Waals surface area contributed by atoms with E-state index in [-0.39, 0.29) is 5.92 Å². The van der Waals surface area contributed by atoms with Crippen LogP contribution >= 0.6 is 0 Å². The van der Waals surface area contributed by atoms with E-state index in [0.29, 0.717) is 30.5 Å². The van der Waals surface area contributed by atoms with Crippen molar-refractivity contribution in [2.75, 3.05) is 13.1 Å². The maximum atomic E-state index is 12.7. The third kappa shape index (κ3) is 4.73. The lowest BCUT2D eigenvalue weighted by atomic mass is 9.90. The zero-order valence-electron chi connectivity index (χ0n) is 16.0. The highest BCUT2D eigenvalue weighted by Crippen LogP contribution is 2.22. The highest BCUT2D eigenvalue weighted by atomic mass is 16.4. The Morgan fingerprint density at radius 1 is 1.04 bits per heavy atom. The van der Waals surface area contributed by atoms with Crippen molar-refractivity contribution in [1.29, 1.82) is 0 Å². The van der Waals surface area contributed by atoms with Crippen molar-refractivity contribution in [3.63, 3.8) is 0 Å². The minimum atomic E-state index is 0.106. The number of piperidine rings is 1. The summed E-state index contributed by atoms with van der Waals surface area (Å²) >= 11 is 0. The largest absolute Gasteiger partial charge is 0.419 e. The second-order valence-corrected chi connectivity index (χ2v) is 7.39. The molecular formula is C23H25N3O2. The molecule has 5 heteroatoms. The van der Waals surface area contributed by atoms with E-state index >= 15 is 0 Å². The summed E-state index contributed by atoms with van der Waals surface area (Å²) in [6.07, 6.45) is 3.44. The molecule has 2 aromatic carbocycles. The molecule has 1 aliphatic heterocycles. The first-order valence-electron chi connectivity index (χ1n) is 9.95. The van der Waals surface area contributed by atoms with Crippen molar-refractivity contribution in [1.82, 2.24) is 15.1 Å². The molecule has 1 saturated heterocycles. The van der Waals surface area contributed by atoms with Crippen LogP contribution in [0.25, 0.3) is 11.5 Å². The number of benzene rings is 2. The number of aromatic nitrogens is 2. The lowest BCUT2D eigenvalue weighted by Crippen LogP contribution is -2.38. The quantitative estimate of drug-likeness (QED) is 0.621. The molecule has 0 aliphatic carbocycles. The van der Waals surface area contributed by atoms with Crippen LogP contribution < -0.4 is 0 Å². The number of carbonyl (C=O) groups excluding carboxylic acids is 1. The number of Topliss-reactive ketones (excluding diaryl/α,β-unsaturated/α-hetero) is 1. The fourth-order valence-corrected chi connectivity index (χ4v) is 3.78. The van der Waals surface area contributed by atoms with Gasteiger partial charge in [-0.15, -0.1) is 10.2 Å². The highest BCUT2D eigenvalue weighted by molar-refractivity contribution is 5.81. The Labute approximate surface area is 165 Å². The number of likely N-dealkylation sites (tertiary alicyclic amines) is 1. The summed E-state index contributed by atoms with van der Waals surface area (Å²) in [4.78, 5) is 14.9. The summed E-state index contributed by atoms with van der Waals surface area (Å²) in [5.41, 5.74) is 2.15. The summed E-state index contributed by atoms with van der Waals surface area (Å²) in [5.74, 6) is 1.62. The lowest BCUT2D eigenvalue weighted by molar-refractivity contribution is -0.124. The molecule has 28 heavy (non-hydrogen) atoms. The van der Waals surface area contributed by atoms with Gasteiger partial charge in [0.05, 0.1) is 6.54 Å². The smallest absolute Gasteiger partial charge is 0.247 e. The molecule has 0 unspecified atom stereocenters. The predicted molar refractivity (Wildman–Crippen MR) is 108 cm³/mol. The Hall–Kier alpha value is -2.79. The first kappa shape index (κ1) is 18.6. The SMILES string of the molecule is O=C(CCc1ccccc1)[C@@H]1CCCN(Cc2nnc(-c3ccccc3)o2)C1. The average Bonchev–Trinajstić information content (AvgIpc) is 3.22. The highest BCUT2D eigenvalue weighted by Gasteiger charge is 2.26. The molecule has 0 amide bonds. The minimum Gasteiger partial charge on any atom is -0.419 e. The van der Waals surface area contributed by atoms with E-state index in [2.05, 4.69) is 27.2 Å². The Kier molecular flexibility index (Phi) is 5.92. The van der Waals surface area contributed by atoms with E-state index < -0.39 is 0 Å². The van der Waals surface area contributed by atoms with Crippen LogP contribution in [-0.4, -0.2) is 34.0 Å². The van der Waals surface area contributed by atoms with E-state index in [1.165, 1.54) is 5.56 Å². The van der Waals surface area contributed by atoms with Crippen LogP contribution in [0, 0.1) is 5.92 Å². The number of rotatable bonds is 7. The fraction of sp³-hybridized carbons (Fsp3) is 0.348. The summed E-state index contributed by atoms with van der Waals surface area (Å²) in [7, 11) is 0. The van der Waals surface area contributed by atoms with Gasteiger partial charge in [0.25, 0.3) is 0 Å². The first-order chi connectivity index (χ1) is 13.8. The number of nitrogens with zero attached hydrogens (tertiary/aromatic N) is 3. The van der Waals surface area contributed by atoms with Crippen molar-refractivity contribution in [3.05, 3.63) is 72.1 Å². The molecule has 3 aromatic rings. The number of carbonyl (C=O) groups is 1. The van der Waals surface area contributed by atoms with E-state index in [0.717, 1.165) is 37.9 Å². The maximum Gasteiger partial charge on any atom is 0.247 e. The van der Waals surface area contributed by atoms with Gasteiger partial charge in [-0.05, 0) is 43.5 Å². The standard InChI is InChI=1S/C23H25N3O2/c27-21(14-13-18-8-3-1-4-9-18)20-12-7-15-26(16-20)17-22-24-25-23(28-22)19-10-5-2-6-11-19/h1-6,8-11,20H,7,12-17H2/t20-/m1/s1. The van der Waals surface area contributed by atoms with Crippen molar-refractivity contribution in [3.8, 4) is 11.5 Å². The molecule has 0 saturated carbocycles. The normalized spacial score (nSPS) is 17.5. The van der Waals surface area contributed by atoms with Crippen LogP contribution in [0.3, 0.4) is 0 Å². The van der Waals surface area contributed by atoms with E-state index in [4.69, 9.17) is 4.42 Å². The zero-order chi connectivity index (χ0) is 19.2. The molecule has 2 heterocycles. The number of hydrogen-bond acceptors (Lipinski definition) is 5. The van der Waals surface area contributed by atoms with E-state index in [9.17, 15) is 4.79 Å². The third-order valence-electron chi connectivity index (χ3n) is 5.31. The molecule has 144 valence electrons. The summed E-state index contributed by atoms with van der Waals surface area (Å²) in [5, 5.41) is 8.35. The molecule has 0 spiro atoms. The molecular weight excluding hydrogens is 350 g/mol. The average molecular weight is 375 g/mol. The van der Waals surface area contributed by atoms with Gasteiger partial charge in [-0.1, -0.05) is 48.5 Å². The summed E-state index contributed by atoms with van der Waals surface area (Å²) in [6, 6.07) is 20.0. The van der Waals surface area contributed by atoms with Crippen LogP contribution in [0.2, 0.25) is 0 Å². The molecule has 0 N–H and O–H groups in total. The summed E-state index contributed by atoms with van der Waals surface area (Å²) in [6.45, 7) is 2.34. The molecule has 0 bridgehead atoms. The Morgan fingerprint density at radius 2 is 1.79 bits per heavy atom. The number of ketones is 1. The van der Waals surface area contributed by atoms with E-state index in [1.807, 2.05) is 48.5 Å². The van der Waals surface area contributed by atoms with Crippen molar-refractivity contribution < 1.29 is 9.21 Å². The second kappa shape index (κ2) is 8.93. The van der Waals surface area contributed by atoms with Crippen LogP contribution in [0.1, 0.15) is 30.7 Å². The van der Waals surface area contributed by atoms with Crippen LogP contribution in [-0.2, 0) is 17.8 Å². The minimum absolute atomic E-state index is 0.106. The van der Waals surface area contributed by atoms with Gasteiger partial charge < -0.3 is 4.42 Å². The zero-order valence-corrected chi connectivity index (χ0v) is 16.0. The van der Waals surface area contributed by atoms with Crippen molar-refractivity contribution >= 4 is 5.78 Å². The van der Waals surface area contributed by atoms with Gasteiger partial charge in [0.15, 0.2) is 0 Å². The molecule has 1 aliphatic rings. The van der Waals surface area contributed by atoms with Gasteiger partial charge in [0.2, 0.25) is 11.8 Å². The third-order valence-corrected chi connectivity index (χ3v) is 5.31. The van der Waals surface area contributed by atoms with Gasteiger partial charge in [-0.3, -0.25) is 9.69 Å². The van der Waals surface area contributed by atoms with Gasteiger partial charge in [-0.2, -0.15) is 0 Å². The second-order valence-electron chi connectivity index (χ2n) is 7.39. The van der Waals surface area contributed by atoms with Crippen LogP contribution in [0.4, 0.5) is 0 Å². The first-order valence-corrected chi connectivity index (χ1v) is 9.95. The molecule has 1 fully saturated rings. The van der Waals surface area contributed by atoms with Gasteiger partial charge >= 0.3 is 0 Å². The van der Waals surface area contributed by atoms with Gasteiger partial charge in [-0.25, -0.2) is 0 Å². The van der Waals surface area contributed by atoms with Crippen LogP contribution in [0.15, 0.2) is 65.1 Å². The molecule has 0 radical (unpaired) electrons. The van der Waals surface area contributed by atoms with Crippen molar-refractivity contribution in [2.24, 2.45) is 5.92 Å². The fourth-order valence-electron chi connectivity index (χ4n) is 3.78. The van der Waals surface area contributed by atoms with Gasteiger partial charge in [0, 0.05) is 24.4 Å². The topological polar surface area (TPSA) is 59.2 Å². The molecule has 1 atom stereocenters. The monoisotopic (exact) mass is 375 g/mol. The van der Waals surface area contributed by atoms with Crippen LogP contribution in [0.5, 0.6) is 0 Å². The lowest BCUT2D eigenvalue weighted by Gasteiger charge is -2.30. The Bertz CT molecular complexity index is 892. The number of hydrogen-bond donors (Lipinski definition) is 0. The Balaban J connectivity index is 1.31. The predicted octanol–water partition coefficient (Wildman–Crippen LogP) is 4.15. The molecule has 5 nitrogen and oxygen atoms in total.